The lowest BCUT2D eigenvalue weighted by Gasteiger charge is -2.17. The number of para-hydroxylation sites is 2. The van der Waals surface area contributed by atoms with Gasteiger partial charge in [0, 0.05) is 20.0 Å². The van der Waals surface area contributed by atoms with Crippen LogP contribution in [0.25, 0.3) is 0 Å². The summed E-state index contributed by atoms with van der Waals surface area (Å²) in [4.78, 5) is 13.9. The Hall–Kier alpha value is -3.00. The molecule has 0 aliphatic carbocycles. The van der Waals surface area contributed by atoms with Gasteiger partial charge in [-0.15, -0.1) is 0 Å². The molecule has 0 N–H and O–H groups in total. The van der Waals surface area contributed by atoms with Gasteiger partial charge in [-0.2, -0.15) is 5.26 Å². The molecule has 0 atom stereocenters. The van der Waals surface area contributed by atoms with Gasteiger partial charge in [-0.1, -0.05) is 24.3 Å². The molecule has 0 saturated carbocycles. The summed E-state index contributed by atoms with van der Waals surface area (Å²) in [6, 6.07) is 16.9. The van der Waals surface area contributed by atoms with Crippen LogP contribution in [0.5, 0.6) is 11.5 Å². The highest BCUT2D eigenvalue weighted by Gasteiger charge is 2.10. The molecule has 0 heterocycles. The lowest BCUT2D eigenvalue weighted by atomic mass is 10.1. The van der Waals surface area contributed by atoms with Crippen LogP contribution in [0.3, 0.4) is 0 Å². The molecule has 0 saturated heterocycles. The van der Waals surface area contributed by atoms with Gasteiger partial charge in [-0.25, -0.2) is 0 Å². The SMILES string of the molecule is CCOc1ccccc1OCCCC(=O)N(C)Cc1cccc(C#N)c1. The van der Waals surface area contributed by atoms with Crippen molar-refractivity contribution in [3.05, 3.63) is 59.7 Å². The minimum atomic E-state index is 0.0501. The number of nitrogens with zero attached hydrogens (tertiary/aromatic N) is 2. The summed E-state index contributed by atoms with van der Waals surface area (Å²) in [5.41, 5.74) is 1.55. The number of rotatable bonds is 9. The second-order valence-electron chi connectivity index (χ2n) is 5.89. The van der Waals surface area contributed by atoms with Crippen LogP contribution in [-0.2, 0) is 11.3 Å². The highest BCUT2D eigenvalue weighted by atomic mass is 16.5. The molecule has 0 spiro atoms. The number of carbonyl (C=O) groups is 1. The van der Waals surface area contributed by atoms with E-state index >= 15 is 0 Å². The maximum Gasteiger partial charge on any atom is 0.222 e. The number of benzene rings is 2. The third-order valence-electron chi connectivity index (χ3n) is 3.84. The van der Waals surface area contributed by atoms with Crippen LogP contribution in [0.15, 0.2) is 48.5 Å². The van der Waals surface area contributed by atoms with Gasteiger partial charge in [0.25, 0.3) is 0 Å². The molecular weight excluding hydrogens is 328 g/mol. The summed E-state index contributed by atoms with van der Waals surface area (Å²) in [6.45, 7) is 3.45. The molecule has 2 aromatic carbocycles. The van der Waals surface area contributed by atoms with Crippen molar-refractivity contribution in [2.75, 3.05) is 20.3 Å². The molecule has 0 aromatic heterocycles. The Morgan fingerprint density at radius 2 is 1.85 bits per heavy atom. The third kappa shape index (κ3) is 5.82. The van der Waals surface area contributed by atoms with Gasteiger partial charge in [0.1, 0.15) is 0 Å². The van der Waals surface area contributed by atoms with Crippen molar-refractivity contribution >= 4 is 5.91 Å². The minimum absolute atomic E-state index is 0.0501. The monoisotopic (exact) mass is 352 g/mol. The van der Waals surface area contributed by atoms with E-state index in [1.54, 1.807) is 24.1 Å². The number of hydrogen-bond donors (Lipinski definition) is 0. The Balaban J connectivity index is 1.77. The number of nitriles is 1. The summed E-state index contributed by atoms with van der Waals surface area (Å²) in [6.07, 6.45) is 1.03. The normalized spacial score (nSPS) is 10.0. The number of ether oxygens (including phenoxy) is 2. The van der Waals surface area contributed by atoms with Gasteiger partial charge >= 0.3 is 0 Å². The van der Waals surface area contributed by atoms with E-state index in [1.807, 2.05) is 43.3 Å². The van der Waals surface area contributed by atoms with Crippen molar-refractivity contribution < 1.29 is 14.3 Å². The lowest BCUT2D eigenvalue weighted by molar-refractivity contribution is -0.130. The van der Waals surface area contributed by atoms with Gasteiger partial charge in [-0.05, 0) is 43.2 Å². The van der Waals surface area contributed by atoms with E-state index in [1.165, 1.54) is 0 Å². The van der Waals surface area contributed by atoms with Crippen LogP contribution >= 0.6 is 0 Å². The summed E-state index contributed by atoms with van der Waals surface area (Å²) < 4.78 is 11.3. The van der Waals surface area contributed by atoms with Crippen LogP contribution in [-0.4, -0.2) is 31.1 Å². The quantitative estimate of drug-likeness (QED) is 0.645. The summed E-state index contributed by atoms with van der Waals surface area (Å²) >= 11 is 0. The van der Waals surface area contributed by atoms with Crippen molar-refractivity contribution in [3.63, 3.8) is 0 Å². The zero-order valence-corrected chi connectivity index (χ0v) is 15.3. The van der Waals surface area contributed by atoms with E-state index in [0.717, 1.165) is 11.3 Å². The highest BCUT2D eigenvalue weighted by Crippen LogP contribution is 2.26. The molecule has 26 heavy (non-hydrogen) atoms. The first-order valence-electron chi connectivity index (χ1n) is 8.71. The first-order valence-corrected chi connectivity index (χ1v) is 8.71. The van der Waals surface area contributed by atoms with Crippen LogP contribution in [0, 0.1) is 11.3 Å². The average molecular weight is 352 g/mol. The maximum absolute atomic E-state index is 12.3. The Morgan fingerprint density at radius 1 is 1.12 bits per heavy atom. The van der Waals surface area contributed by atoms with Gasteiger partial charge in [-0.3, -0.25) is 4.79 Å². The summed E-state index contributed by atoms with van der Waals surface area (Å²) in [7, 11) is 1.77. The van der Waals surface area contributed by atoms with E-state index in [2.05, 4.69) is 6.07 Å². The maximum atomic E-state index is 12.3. The molecule has 136 valence electrons. The summed E-state index contributed by atoms with van der Waals surface area (Å²) in [5.74, 6) is 1.47. The molecule has 0 radical (unpaired) electrons. The van der Waals surface area contributed by atoms with E-state index < -0.39 is 0 Å². The molecule has 5 nitrogen and oxygen atoms in total. The number of carbonyl (C=O) groups excluding carboxylic acids is 1. The van der Waals surface area contributed by atoms with Crippen LogP contribution in [0.4, 0.5) is 0 Å². The highest BCUT2D eigenvalue weighted by molar-refractivity contribution is 5.75. The molecule has 5 heteroatoms. The number of hydrogen-bond acceptors (Lipinski definition) is 4. The zero-order chi connectivity index (χ0) is 18.8. The smallest absolute Gasteiger partial charge is 0.222 e. The Labute approximate surface area is 154 Å². The van der Waals surface area contributed by atoms with Crippen molar-refractivity contribution in [1.29, 1.82) is 5.26 Å². The topological polar surface area (TPSA) is 62.6 Å². The second-order valence-corrected chi connectivity index (χ2v) is 5.89. The predicted octanol–water partition coefficient (Wildman–Crippen LogP) is 3.77. The number of amides is 1. The molecule has 2 rings (SSSR count). The molecule has 0 bridgehead atoms. The van der Waals surface area contributed by atoms with Crippen molar-refractivity contribution in [2.24, 2.45) is 0 Å². The Kier molecular flexibility index (Phi) is 7.50. The fourth-order valence-electron chi connectivity index (χ4n) is 2.54. The van der Waals surface area contributed by atoms with Gasteiger partial charge in [0.15, 0.2) is 11.5 Å². The predicted molar refractivity (Wildman–Crippen MR) is 100.0 cm³/mol. The molecule has 0 unspecified atom stereocenters. The van der Waals surface area contributed by atoms with E-state index in [4.69, 9.17) is 14.7 Å². The fraction of sp³-hybridized carbons (Fsp3) is 0.333. The molecule has 0 fully saturated rings. The van der Waals surface area contributed by atoms with Gasteiger partial charge < -0.3 is 14.4 Å². The molecule has 0 aliphatic rings. The van der Waals surface area contributed by atoms with E-state index in [0.29, 0.717) is 43.9 Å². The molecule has 2 aromatic rings. The zero-order valence-electron chi connectivity index (χ0n) is 15.3. The van der Waals surface area contributed by atoms with Gasteiger partial charge in [0.05, 0.1) is 24.8 Å². The molecule has 1 amide bonds. The fourth-order valence-corrected chi connectivity index (χ4v) is 2.54. The van der Waals surface area contributed by atoms with Crippen LogP contribution < -0.4 is 9.47 Å². The third-order valence-corrected chi connectivity index (χ3v) is 3.84. The van der Waals surface area contributed by atoms with Crippen molar-refractivity contribution in [2.45, 2.75) is 26.3 Å². The minimum Gasteiger partial charge on any atom is -0.490 e. The first-order chi connectivity index (χ1) is 12.6. The Bertz CT molecular complexity index is 768. The van der Waals surface area contributed by atoms with Gasteiger partial charge in [0.2, 0.25) is 5.91 Å². The Morgan fingerprint density at radius 3 is 2.54 bits per heavy atom. The van der Waals surface area contributed by atoms with E-state index in [-0.39, 0.29) is 5.91 Å². The lowest BCUT2D eigenvalue weighted by Crippen LogP contribution is -2.26. The van der Waals surface area contributed by atoms with Crippen molar-refractivity contribution in [1.82, 2.24) is 4.90 Å². The van der Waals surface area contributed by atoms with Crippen LogP contribution in [0.1, 0.15) is 30.9 Å². The average Bonchev–Trinajstić information content (AvgIpc) is 2.66. The first kappa shape index (κ1) is 19.3. The molecule has 0 aliphatic heterocycles. The van der Waals surface area contributed by atoms with Crippen LogP contribution in [0.2, 0.25) is 0 Å². The summed E-state index contributed by atoms with van der Waals surface area (Å²) in [5, 5.41) is 8.94. The van der Waals surface area contributed by atoms with Crippen molar-refractivity contribution in [3.8, 4) is 17.6 Å². The van der Waals surface area contributed by atoms with E-state index in [9.17, 15) is 4.79 Å². The largest absolute Gasteiger partial charge is 0.490 e. The molecular formula is C21H24N2O3. The second kappa shape index (κ2) is 10.1. The standard InChI is InChI=1S/C21H24N2O3/c1-3-25-19-10-4-5-11-20(19)26-13-7-12-21(24)23(2)16-18-9-6-8-17(14-18)15-22/h4-6,8-11,14H,3,7,12-13,16H2,1-2H3.